The van der Waals surface area contributed by atoms with Crippen molar-refractivity contribution in [2.75, 3.05) is 13.1 Å². The van der Waals surface area contributed by atoms with E-state index in [4.69, 9.17) is 9.57 Å². The first-order chi connectivity index (χ1) is 23.2. The van der Waals surface area contributed by atoms with Gasteiger partial charge in [-0.25, -0.2) is 13.2 Å². The molecule has 2 aromatic carbocycles. The number of hydrogen-bond acceptors (Lipinski definition) is 9. The van der Waals surface area contributed by atoms with Crippen LogP contribution in [-0.2, 0) is 34.0 Å². The Morgan fingerprint density at radius 1 is 1.02 bits per heavy atom. The van der Waals surface area contributed by atoms with Crippen LogP contribution < -0.4 is 15.4 Å². The lowest BCUT2D eigenvalue weighted by Gasteiger charge is -2.26. The maximum absolute atomic E-state index is 13.9. The average molecular weight is 692 g/mol. The molecule has 260 valence electrons. The number of nitrogens with one attached hydrogen (secondary N) is 3. The summed E-state index contributed by atoms with van der Waals surface area (Å²) in [5.74, 6) is -2.38. The number of hydrogen-bond donors (Lipinski definition) is 3. The van der Waals surface area contributed by atoms with Crippen molar-refractivity contribution >= 4 is 39.5 Å². The fraction of sp³-hybridized carbons (Fsp3) is 0.457. The molecule has 2 unspecified atom stereocenters. The van der Waals surface area contributed by atoms with Crippen molar-refractivity contribution in [2.45, 2.75) is 81.4 Å². The second-order valence-corrected chi connectivity index (χ2v) is 15.9. The van der Waals surface area contributed by atoms with E-state index in [2.05, 4.69) is 27.1 Å². The topological polar surface area (TPSA) is 173 Å². The first kappa shape index (κ1) is 34.2. The molecular weight excluding hydrogens is 650 g/mol. The van der Waals surface area contributed by atoms with Crippen LogP contribution in [0.25, 0.3) is 11.1 Å². The molecule has 1 saturated heterocycles. The molecule has 49 heavy (non-hydrogen) atoms. The minimum absolute atomic E-state index is 0.0174. The molecule has 0 spiro atoms. The summed E-state index contributed by atoms with van der Waals surface area (Å²) in [5, 5.41) is 9.22. The molecule has 1 aliphatic heterocycles. The Balaban J connectivity index is 1.20. The van der Waals surface area contributed by atoms with Crippen LogP contribution in [0.15, 0.2) is 66.3 Å². The van der Waals surface area contributed by atoms with Gasteiger partial charge in [0.25, 0.3) is 5.91 Å². The Morgan fingerprint density at radius 3 is 2.18 bits per heavy atom. The molecule has 14 heteroatoms. The third-order valence-electron chi connectivity index (χ3n) is 9.09. The van der Waals surface area contributed by atoms with Gasteiger partial charge < -0.3 is 25.1 Å². The molecule has 0 aromatic heterocycles. The van der Waals surface area contributed by atoms with Crippen LogP contribution in [0.2, 0.25) is 0 Å². The number of carbonyl (C=O) groups is 4. The fourth-order valence-corrected chi connectivity index (χ4v) is 7.73. The van der Waals surface area contributed by atoms with Gasteiger partial charge in [-0.15, -0.1) is 6.58 Å². The zero-order chi connectivity index (χ0) is 35.1. The summed E-state index contributed by atoms with van der Waals surface area (Å²) in [6, 6.07) is 14.6. The first-order valence-electron chi connectivity index (χ1n) is 16.4. The Hall–Kier alpha value is -4.72. The third kappa shape index (κ3) is 7.19. The number of ether oxygens (including phenoxy) is 1. The molecular formula is C35H41N5O8S. The lowest BCUT2D eigenvalue weighted by atomic mass is 10.1. The molecule has 3 fully saturated rings. The number of benzene rings is 2. The minimum atomic E-state index is -3.86. The van der Waals surface area contributed by atoms with Gasteiger partial charge in [0.1, 0.15) is 29.0 Å². The number of rotatable bonds is 11. The average Bonchev–Trinajstić information content (AvgIpc) is 3.95. The van der Waals surface area contributed by atoms with E-state index in [0.29, 0.717) is 18.6 Å². The molecule has 3 N–H and O–H groups in total. The van der Waals surface area contributed by atoms with Gasteiger partial charge in [-0.2, -0.15) is 0 Å². The molecule has 4 atom stereocenters. The number of sulfonamides is 1. The summed E-state index contributed by atoms with van der Waals surface area (Å²) < 4.78 is 32.5. The Kier molecular flexibility index (Phi) is 9.03. The van der Waals surface area contributed by atoms with Gasteiger partial charge in [0, 0.05) is 36.4 Å². The normalized spacial score (nSPS) is 23.9. The quantitative estimate of drug-likeness (QED) is 0.203. The Morgan fingerprint density at radius 2 is 1.63 bits per heavy atom. The van der Waals surface area contributed by atoms with E-state index >= 15 is 0 Å². The predicted octanol–water partition coefficient (Wildman–Crippen LogP) is 2.99. The molecule has 0 radical (unpaired) electrons. The monoisotopic (exact) mass is 691 g/mol. The largest absolute Gasteiger partial charge is 0.444 e. The number of oxime groups is 1. The highest BCUT2D eigenvalue weighted by atomic mass is 32.2. The number of fused-ring (bicyclic) bond motifs is 3. The van der Waals surface area contributed by atoms with Crippen LogP contribution in [0.4, 0.5) is 4.79 Å². The van der Waals surface area contributed by atoms with Crippen molar-refractivity contribution in [1.82, 2.24) is 20.3 Å². The molecule has 2 saturated carbocycles. The van der Waals surface area contributed by atoms with Gasteiger partial charge in [0.05, 0.1) is 11.8 Å². The summed E-state index contributed by atoms with van der Waals surface area (Å²) >= 11 is 0. The second kappa shape index (κ2) is 13.0. The van der Waals surface area contributed by atoms with Crippen molar-refractivity contribution in [3.63, 3.8) is 0 Å². The standard InChI is InChI=1S/C35H41N5O8S/c1-5-21-19-35(21,32(43)39-49(45,46)23-14-15-23)37-31(42)28-18-22(20-40(28)29(41)16-17-36-33(44)47-34(2,3)4)48-38-30-26-12-8-6-10-24(26)25-11-7-9-13-27(25)30/h5-13,21-23,28H,1,14-20H2,2-4H3,(H,36,44)(H,37,42)(H,39,43)/t21-,22?,28?,35+/m1/s1. The molecule has 13 nitrogen and oxygen atoms in total. The highest BCUT2D eigenvalue weighted by Gasteiger charge is 2.62. The van der Waals surface area contributed by atoms with Gasteiger partial charge in [0.2, 0.25) is 21.8 Å². The van der Waals surface area contributed by atoms with Gasteiger partial charge in [0.15, 0.2) is 0 Å². The minimum Gasteiger partial charge on any atom is -0.444 e. The SMILES string of the molecule is C=C[C@@H]1C[C@@]1(NC(=O)C1CC(ON=C2c3ccccc3-c3ccccc32)CN1C(=O)CCNC(=O)OC(C)(C)C)C(=O)NS(=O)(=O)C1CC1. The van der Waals surface area contributed by atoms with Crippen LogP contribution in [0, 0.1) is 5.92 Å². The number of alkyl carbamates (subject to hydrolysis) is 1. The van der Waals surface area contributed by atoms with E-state index in [0.717, 1.165) is 22.3 Å². The molecule has 2 aromatic rings. The van der Waals surface area contributed by atoms with E-state index in [-0.39, 0.29) is 32.4 Å². The zero-order valence-electron chi connectivity index (χ0n) is 27.7. The number of carbonyl (C=O) groups excluding carboxylic acids is 4. The van der Waals surface area contributed by atoms with Crippen molar-refractivity contribution in [3.05, 3.63) is 72.3 Å². The Labute approximate surface area is 285 Å². The van der Waals surface area contributed by atoms with Gasteiger partial charge >= 0.3 is 6.09 Å². The van der Waals surface area contributed by atoms with Crippen LogP contribution in [0.3, 0.4) is 0 Å². The maximum Gasteiger partial charge on any atom is 0.407 e. The van der Waals surface area contributed by atoms with E-state index < -0.39 is 68.3 Å². The van der Waals surface area contributed by atoms with E-state index in [1.165, 1.54) is 11.0 Å². The molecule has 0 bridgehead atoms. The van der Waals surface area contributed by atoms with E-state index in [1.807, 2.05) is 48.5 Å². The summed E-state index contributed by atoms with van der Waals surface area (Å²) in [5.41, 5.74) is 2.25. The summed E-state index contributed by atoms with van der Waals surface area (Å²) in [6.45, 7) is 8.90. The lowest BCUT2D eigenvalue weighted by Crippen LogP contribution is -2.56. The number of nitrogens with zero attached hydrogens (tertiary/aromatic N) is 2. The third-order valence-corrected chi connectivity index (χ3v) is 10.9. The van der Waals surface area contributed by atoms with Crippen molar-refractivity contribution in [3.8, 4) is 11.1 Å². The molecule has 1 heterocycles. The highest BCUT2D eigenvalue weighted by Crippen LogP contribution is 2.45. The maximum atomic E-state index is 13.9. The molecule has 6 rings (SSSR count). The fourth-order valence-electron chi connectivity index (χ4n) is 6.37. The van der Waals surface area contributed by atoms with Crippen molar-refractivity contribution in [2.24, 2.45) is 11.1 Å². The van der Waals surface area contributed by atoms with Crippen molar-refractivity contribution < 1.29 is 37.2 Å². The van der Waals surface area contributed by atoms with Gasteiger partial charge in [-0.05, 0) is 51.2 Å². The number of likely N-dealkylation sites (tertiary alicyclic amines) is 1. The zero-order valence-corrected chi connectivity index (χ0v) is 28.5. The number of amides is 4. The molecule has 3 aliphatic carbocycles. The first-order valence-corrected chi connectivity index (χ1v) is 18.0. The Bertz CT molecular complexity index is 1780. The second-order valence-electron chi connectivity index (χ2n) is 13.9. The van der Waals surface area contributed by atoms with Crippen LogP contribution >= 0.6 is 0 Å². The van der Waals surface area contributed by atoms with E-state index in [9.17, 15) is 27.6 Å². The smallest absolute Gasteiger partial charge is 0.407 e. The molecule has 4 aliphatic rings. The van der Waals surface area contributed by atoms with Crippen LogP contribution in [-0.4, -0.2) is 84.5 Å². The predicted molar refractivity (Wildman–Crippen MR) is 181 cm³/mol. The van der Waals surface area contributed by atoms with Crippen LogP contribution in [0.1, 0.15) is 64.0 Å². The van der Waals surface area contributed by atoms with Crippen LogP contribution in [0.5, 0.6) is 0 Å². The van der Waals surface area contributed by atoms with Crippen molar-refractivity contribution in [1.29, 1.82) is 0 Å². The van der Waals surface area contributed by atoms with Gasteiger partial charge in [-0.1, -0.05) is 59.8 Å². The summed E-state index contributed by atoms with van der Waals surface area (Å²) in [6.07, 6.45) is 1.18. The van der Waals surface area contributed by atoms with Gasteiger partial charge in [-0.3, -0.25) is 19.1 Å². The highest BCUT2D eigenvalue weighted by molar-refractivity contribution is 7.91. The molecule has 4 amide bonds. The summed E-state index contributed by atoms with van der Waals surface area (Å²) in [7, 11) is -3.86. The lowest BCUT2D eigenvalue weighted by molar-refractivity contribution is -0.139. The van der Waals surface area contributed by atoms with E-state index in [1.54, 1.807) is 20.8 Å². The summed E-state index contributed by atoms with van der Waals surface area (Å²) in [4.78, 5) is 60.3.